The van der Waals surface area contributed by atoms with E-state index in [0.29, 0.717) is 11.1 Å². The fourth-order valence-electron chi connectivity index (χ4n) is 2.30. The third-order valence-electron chi connectivity index (χ3n) is 3.75. The number of aldehydes is 1. The number of esters is 1. The van der Waals surface area contributed by atoms with E-state index in [0.717, 1.165) is 17.4 Å². The van der Waals surface area contributed by atoms with E-state index in [1.165, 1.54) is 14.0 Å². The Bertz CT molecular complexity index is 750. The first-order chi connectivity index (χ1) is 12.0. The van der Waals surface area contributed by atoms with Gasteiger partial charge in [-0.25, -0.2) is 4.79 Å². The minimum atomic E-state index is -1.13. The molecule has 2 atom stereocenters. The zero-order chi connectivity index (χ0) is 18.4. The van der Waals surface area contributed by atoms with Crippen molar-refractivity contribution in [2.24, 2.45) is 0 Å². The summed E-state index contributed by atoms with van der Waals surface area (Å²) in [5.74, 6) is -1.20. The number of hydrogen-bond donors (Lipinski definition) is 2. The molecule has 0 aliphatic carbocycles. The zero-order valence-electron chi connectivity index (χ0n) is 13.9. The lowest BCUT2D eigenvalue weighted by molar-refractivity contribution is -0.145. The Morgan fingerprint density at radius 3 is 2.00 bits per heavy atom. The van der Waals surface area contributed by atoms with Crippen molar-refractivity contribution in [3.05, 3.63) is 59.7 Å². The van der Waals surface area contributed by atoms with Crippen LogP contribution in [0.25, 0.3) is 11.1 Å². The van der Waals surface area contributed by atoms with Crippen LogP contribution >= 0.6 is 0 Å². The smallest absolute Gasteiger partial charge is 0.331 e. The van der Waals surface area contributed by atoms with Crippen molar-refractivity contribution in [1.29, 1.82) is 0 Å². The summed E-state index contributed by atoms with van der Waals surface area (Å²) < 4.78 is 4.57. The summed E-state index contributed by atoms with van der Waals surface area (Å²) in [7, 11) is 1.19. The van der Waals surface area contributed by atoms with E-state index in [1.807, 2.05) is 12.1 Å². The van der Waals surface area contributed by atoms with Gasteiger partial charge in [-0.1, -0.05) is 36.4 Å². The average molecular weight is 341 g/mol. The molecule has 6 nitrogen and oxygen atoms in total. The average Bonchev–Trinajstić information content (AvgIpc) is 2.65. The van der Waals surface area contributed by atoms with Crippen molar-refractivity contribution >= 4 is 18.2 Å². The maximum atomic E-state index is 12.2. The maximum Gasteiger partial charge on any atom is 0.331 e. The lowest BCUT2D eigenvalue weighted by atomic mass is 10.0. The molecule has 0 unspecified atom stereocenters. The Morgan fingerprint density at radius 2 is 1.56 bits per heavy atom. The molecule has 0 aliphatic heterocycles. The highest BCUT2D eigenvalue weighted by atomic mass is 16.5. The minimum absolute atomic E-state index is 0.350. The van der Waals surface area contributed by atoms with Crippen molar-refractivity contribution in [3.63, 3.8) is 0 Å². The minimum Gasteiger partial charge on any atom is -0.467 e. The molecule has 0 radical (unpaired) electrons. The first-order valence-electron chi connectivity index (χ1n) is 7.68. The monoisotopic (exact) mass is 341 g/mol. The molecule has 0 bridgehead atoms. The fourth-order valence-corrected chi connectivity index (χ4v) is 2.30. The second-order valence-electron chi connectivity index (χ2n) is 5.53. The molecule has 0 saturated heterocycles. The van der Waals surface area contributed by atoms with Gasteiger partial charge in [-0.15, -0.1) is 0 Å². The molecule has 6 heteroatoms. The Hall–Kier alpha value is -2.99. The summed E-state index contributed by atoms with van der Waals surface area (Å²) >= 11 is 0. The number of aliphatic hydroxyl groups is 1. The highest BCUT2D eigenvalue weighted by Crippen LogP contribution is 2.20. The predicted octanol–water partition coefficient (Wildman–Crippen LogP) is 1.82. The number of rotatable bonds is 6. The van der Waals surface area contributed by atoms with Crippen LogP contribution in [0, 0.1) is 0 Å². The highest BCUT2D eigenvalue weighted by molar-refractivity contribution is 5.97. The van der Waals surface area contributed by atoms with Gasteiger partial charge in [-0.05, 0) is 30.2 Å². The maximum absolute atomic E-state index is 12.2. The number of carbonyl (C=O) groups excluding carboxylic acids is 3. The third kappa shape index (κ3) is 4.51. The van der Waals surface area contributed by atoms with Crippen LogP contribution in [-0.2, 0) is 9.53 Å². The fraction of sp³-hybridized carbons (Fsp3) is 0.211. The molecule has 2 aromatic carbocycles. The van der Waals surface area contributed by atoms with Crippen molar-refractivity contribution in [2.75, 3.05) is 7.11 Å². The van der Waals surface area contributed by atoms with Crippen LogP contribution < -0.4 is 5.32 Å². The quantitative estimate of drug-likeness (QED) is 0.617. The third-order valence-corrected chi connectivity index (χ3v) is 3.75. The van der Waals surface area contributed by atoms with Gasteiger partial charge in [0.25, 0.3) is 5.91 Å². The van der Waals surface area contributed by atoms with Gasteiger partial charge in [0.2, 0.25) is 0 Å². The number of hydrogen-bond acceptors (Lipinski definition) is 5. The number of aliphatic hydroxyl groups excluding tert-OH is 1. The summed E-state index contributed by atoms with van der Waals surface area (Å²) in [6.45, 7) is 1.40. The van der Waals surface area contributed by atoms with Crippen LogP contribution in [0.4, 0.5) is 0 Å². The van der Waals surface area contributed by atoms with Gasteiger partial charge >= 0.3 is 5.97 Å². The van der Waals surface area contributed by atoms with E-state index in [-0.39, 0.29) is 0 Å². The van der Waals surface area contributed by atoms with E-state index >= 15 is 0 Å². The number of methoxy groups -OCH3 is 1. The summed E-state index contributed by atoms with van der Waals surface area (Å²) in [6, 6.07) is 12.7. The molecule has 25 heavy (non-hydrogen) atoms. The van der Waals surface area contributed by atoms with Crippen LogP contribution in [0.3, 0.4) is 0 Å². The largest absolute Gasteiger partial charge is 0.467 e. The number of amides is 1. The first-order valence-corrected chi connectivity index (χ1v) is 7.68. The lowest BCUT2D eigenvalue weighted by Gasteiger charge is -2.19. The van der Waals surface area contributed by atoms with Gasteiger partial charge in [0.15, 0.2) is 6.04 Å². The molecule has 130 valence electrons. The normalized spacial score (nSPS) is 12.8. The van der Waals surface area contributed by atoms with E-state index in [9.17, 15) is 19.5 Å². The molecule has 2 N–H and O–H groups in total. The van der Waals surface area contributed by atoms with E-state index in [4.69, 9.17) is 0 Å². The van der Waals surface area contributed by atoms with Gasteiger partial charge in [-0.3, -0.25) is 9.59 Å². The standard InChI is InChI=1S/C19H19NO5/c1-12(22)17(19(24)25-2)20-18(23)16-9-7-15(8-10-16)14-5-3-13(11-21)4-6-14/h3-12,17,22H,1-2H3,(H,20,23)/t12-,17+/m1/s1. The van der Waals surface area contributed by atoms with Gasteiger partial charge in [0, 0.05) is 11.1 Å². The van der Waals surface area contributed by atoms with Crippen LogP contribution in [0.15, 0.2) is 48.5 Å². The molecule has 2 aromatic rings. The summed E-state index contributed by atoms with van der Waals surface area (Å²) in [6.07, 6.45) is -0.302. The van der Waals surface area contributed by atoms with Crippen LogP contribution in [0.5, 0.6) is 0 Å². The molecule has 0 saturated carbocycles. The summed E-state index contributed by atoms with van der Waals surface area (Å²) in [5.41, 5.74) is 2.73. The molecule has 1 amide bonds. The van der Waals surface area contributed by atoms with Crippen molar-refractivity contribution in [3.8, 4) is 11.1 Å². The highest BCUT2D eigenvalue weighted by Gasteiger charge is 2.26. The lowest BCUT2D eigenvalue weighted by Crippen LogP contribution is -2.48. The number of benzene rings is 2. The van der Waals surface area contributed by atoms with Crippen LogP contribution in [-0.4, -0.2) is 42.5 Å². The molecular weight excluding hydrogens is 322 g/mol. The van der Waals surface area contributed by atoms with Gasteiger partial charge in [-0.2, -0.15) is 0 Å². The molecule has 0 fully saturated rings. The Kier molecular flexibility index (Phi) is 6.03. The second kappa shape index (κ2) is 8.21. The zero-order valence-corrected chi connectivity index (χ0v) is 13.9. The molecule has 2 rings (SSSR count). The van der Waals surface area contributed by atoms with Crippen LogP contribution in [0.1, 0.15) is 27.6 Å². The van der Waals surface area contributed by atoms with Crippen molar-refractivity contribution in [2.45, 2.75) is 19.1 Å². The number of carbonyl (C=O) groups is 3. The predicted molar refractivity (Wildman–Crippen MR) is 92.2 cm³/mol. The molecule has 0 spiro atoms. The number of nitrogens with one attached hydrogen (secondary N) is 1. The molecule has 0 heterocycles. The van der Waals surface area contributed by atoms with Crippen molar-refractivity contribution < 1.29 is 24.2 Å². The van der Waals surface area contributed by atoms with Gasteiger partial charge in [0.05, 0.1) is 13.2 Å². The van der Waals surface area contributed by atoms with E-state index in [1.54, 1.807) is 36.4 Å². The Morgan fingerprint density at radius 1 is 1.04 bits per heavy atom. The Labute approximate surface area is 145 Å². The number of ether oxygens (including phenoxy) is 1. The van der Waals surface area contributed by atoms with Crippen molar-refractivity contribution in [1.82, 2.24) is 5.32 Å². The van der Waals surface area contributed by atoms with Gasteiger partial charge in [0.1, 0.15) is 6.29 Å². The van der Waals surface area contributed by atoms with Gasteiger partial charge < -0.3 is 15.2 Å². The first kappa shape index (κ1) is 18.4. The van der Waals surface area contributed by atoms with E-state index < -0.39 is 24.0 Å². The second-order valence-corrected chi connectivity index (χ2v) is 5.53. The molecule has 0 aliphatic rings. The summed E-state index contributed by atoms with van der Waals surface area (Å²) in [4.78, 5) is 34.5. The van der Waals surface area contributed by atoms with Crippen LogP contribution in [0.2, 0.25) is 0 Å². The topological polar surface area (TPSA) is 92.7 Å². The summed E-state index contributed by atoms with van der Waals surface area (Å²) in [5, 5.41) is 12.1. The molecular formula is C19H19NO5. The molecule has 0 aromatic heterocycles. The Balaban J connectivity index is 2.13. The van der Waals surface area contributed by atoms with E-state index in [2.05, 4.69) is 10.1 Å². The SMILES string of the molecule is COC(=O)[C@@H](NC(=O)c1ccc(-c2ccc(C=O)cc2)cc1)[C@@H](C)O.